The normalized spacial score (nSPS) is 33.1. The molecule has 0 N–H and O–H groups in total. The van der Waals surface area contributed by atoms with Crippen molar-refractivity contribution in [3.63, 3.8) is 0 Å². The first kappa shape index (κ1) is 12.0. The van der Waals surface area contributed by atoms with E-state index in [2.05, 4.69) is 13.8 Å². The van der Waals surface area contributed by atoms with Crippen LogP contribution in [0.1, 0.15) is 46.0 Å². The highest BCUT2D eigenvalue weighted by molar-refractivity contribution is 5.97. The van der Waals surface area contributed by atoms with Crippen molar-refractivity contribution in [3.8, 4) is 0 Å². The number of piperazine rings is 1. The largest absolute Gasteiger partial charge is 0.329 e. The summed E-state index contributed by atoms with van der Waals surface area (Å²) in [5.41, 5.74) is 0. The van der Waals surface area contributed by atoms with Crippen LogP contribution in [0.25, 0.3) is 0 Å². The topological polar surface area (TPSA) is 40.6 Å². The van der Waals surface area contributed by atoms with E-state index in [0.717, 1.165) is 38.6 Å². The summed E-state index contributed by atoms with van der Waals surface area (Å²) in [6.07, 6.45) is 5.14. The molecule has 1 saturated carbocycles. The molecule has 2 atom stereocenters. The monoisotopic (exact) mass is 250 g/mol. The van der Waals surface area contributed by atoms with E-state index in [1.165, 1.54) is 0 Å². The van der Waals surface area contributed by atoms with Gasteiger partial charge in [-0.25, -0.2) is 0 Å². The van der Waals surface area contributed by atoms with Gasteiger partial charge < -0.3 is 9.80 Å². The molecule has 3 rings (SSSR count). The van der Waals surface area contributed by atoms with Gasteiger partial charge in [0.15, 0.2) is 0 Å². The van der Waals surface area contributed by atoms with Crippen LogP contribution in [0.2, 0.25) is 0 Å². The van der Waals surface area contributed by atoms with Crippen molar-refractivity contribution in [3.05, 3.63) is 0 Å². The van der Waals surface area contributed by atoms with E-state index in [-0.39, 0.29) is 29.8 Å². The van der Waals surface area contributed by atoms with E-state index in [0.29, 0.717) is 6.04 Å². The standard InChI is InChI=1S/C14H22N2O2/c1-9(2)12-14(18)15-8-4-3-5-11(15)13(17)16(12)10-6-7-10/h9-12H,3-8H2,1-2H3. The number of hydrogen-bond acceptors (Lipinski definition) is 2. The van der Waals surface area contributed by atoms with Crippen molar-refractivity contribution >= 4 is 11.8 Å². The lowest BCUT2D eigenvalue weighted by Gasteiger charge is -2.48. The zero-order chi connectivity index (χ0) is 12.9. The highest BCUT2D eigenvalue weighted by Crippen LogP contribution is 2.37. The third-order valence-electron chi connectivity index (χ3n) is 4.45. The number of fused-ring (bicyclic) bond motifs is 1. The van der Waals surface area contributed by atoms with Gasteiger partial charge in [-0.15, -0.1) is 0 Å². The molecule has 0 aromatic heterocycles. The maximum Gasteiger partial charge on any atom is 0.246 e. The summed E-state index contributed by atoms with van der Waals surface area (Å²) in [6.45, 7) is 4.88. The van der Waals surface area contributed by atoms with Crippen LogP contribution >= 0.6 is 0 Å². The molecule has 18 heavy (non-hydrogen) atoms. The molecule has 4 heteroatoms. The Morgan fingerprint density at radius 2 is 1.78 bits per heavy atom. The van der Waals surface area contributed by atoms with Crippen molar-refractivity contribution < 1.29 is 9.59 Å². The number of carbonyl (C=O) groups excluding carboxylic acids is 2. The molecule has 0 aromatic rings. The summed E-state index contributed by atoms with van der Waals surface area (Å²) in [5.74, 6) is 0.627. The van der Waals surface area contributed by atoms with Crippen molar-refractivity contribution in [1.82, 2.24) is 9.80 Å². The Bertz CT molecular complexity index is 348. The van der Waals surface area contributed by atoms with Crippen molar-refractivity contribution in [2.45, 2.75) is 64.1 Å². The van der Waals surface area contributed by atoms with Gasteiger partial charge in [-0.1, -0.05) is 13.8 Å². The Morgan fingerprint density at radius 1 is 1.06 bits per heavy atom. The fraction of sp³-hybridized carbons (Fsp3) is 0.857. The van der Waals surface area contributed by atoms with Gasteiger partial charge in [-0.3, -0.25) is 9.59 Å². The zero-order valence-electron chi connectivity index (χ0n) is 11.3. The van der Waals surface area contributed by atoms with Crippen molar-refractivity contribution in [1.29, 1.82) is 0 Å². The first-order chi connectivity index (χ1) is 8.61. The van der Waals surface area contributed by atoms with Crippen LogP contribution in [0.15, 0.2) is 0 Å². The number of nitrogens with zero attached hydrogens (tertiary/aromatic N) is 2. The van der Waals surface area contributed by atoms with E-state index >= 15 is 0 Å². The minimum absolute atomic E-state index is 0.151. The van der Waals surface area contributed by atoms with E-state index in [1.807, 2.05) is 9.80 Å². The first-order valence-electron chi connectivity index (χ1n) is 7.24. The van der Waals surface area contributed by atoms with Gasteiger partial charge in [0.1, 0.15) is 12.1 Å². The van der Waals surface area contributed by atoms with Gasteiger partial charge in [0, 0.05) is 12.6 Å². The molecule has 0 bridgehead atoms. The predicted octanol–water partition coefficient (Wildman–Crippen LogP) is 1.40. The van der Waals surface area contributed by atoms with Gasteiger partial charge in [0.2, 0.25) is 11.8 Å². The number of amides is 2. The molecule has 100 valence electrons. The molecule has 2 unspecified atom stereocenters. The highest BCUT2D eigenvalue weighted by Gasteiger charge is 2.51. The fourth-order valence-electron chi connectivity index (χ4n) is 3.42. The molecule has 3 aliphatic rings. The van der Waals surface area contributed by atoms with Crippen LogP contribution in [-0.4, -0.2) is 46.3 Å². The van der Waals surface area contributed by atoms with E-state index in [1.54, 1.807) is 0 Å². The Kier molecular flexibility index (Phi) is 2.83. The third-order valence-corrected chi connectivity index (χ3v) is 4.45. The first-order valence-corrected chi connectivity index (χ1v) is 7.24. The molecular weight excluding hydrogens is 228 g/mol. The van der Waals surface area contributed by atoms with Crippen LogP contribution in [0, 0.1) is 5.92 Å². The van der Waals surface area contributed by atoms with Gasteiger partial charge in [0.05, 0.1) is 0 Å². The van der Waals surface area contributed by atoms with Gasteiger partial charge >= 0.3 is 0 Å². The second-order valence-electron chi connectivity index (χ2n) is 6.21. The highest BCUT2D eigenvalue weighted by atomic mass is 16.2. The predicted molar refractivity (Wildman–Crippen MR) is 67.8 cm³/mol. The minimum Gasteiger partial charge on any atom is -0.329 e. The molecule has 2 amide bonds. The summed E-state index contributed by atoms with van der Waals surface area (Å²) in [4.78, 5) is 29.0. The van der Waals surface area contributed by atoms with Gasteiger partial charge in [0.25, 0.3) is 0 Å². The molecule has 3 fully saturated rings. The Balaban J connectivity index is 1.92. The van der Waals surface area contributed by atoms with E-state index in [9.17, 15) is 9.59 Å². The molecule has 4 nitrogen and oxygen atoms in total. The summed E-state index contributed by atoms with van der Waals surface area (Å²) in [5, 5.41) is 0. The molecule has 2 aliphatic heterocycles. The number of rotatable bonds is 2. The molecule has 0 spiro atoms. The van der Waals surface area contributed by atoms with E-state index < -0.39 is 0 Å². The average molecular weight is 250 g/mol. The summed E-state index contributed by atoms with van der Waals surface area (Å²) in [6, 6.07) is -0.0147. The van der Waals surface area contributed by atoms with Crippen LogP contribution in [0.4, 0.5) is 0 Å². The molecule has 0 radical (unpaired) electrons. The number of hydrogen-bond donors (Lipinski definition) is 0. The van der Waals surface area contributed by atoms with Crippen molar-refractivity contribution in [2.24, 2.45) is 5.92 Å². The van der Waals surface area contributed by atoms with Crippen LogP contribution < -0.4 is 0 Å². The van der Waals surface area contributed by atoms with Crippen molar-refractivity contribution in [2.75, 3.05) is 6.54 Å². The minimum atomic E-state index is -0.209. The fourth-order valence-corrected chi connectivity index (χ4v) is 3.42. The maximum absolute atomic E-state index is 12.6. The Hall–Kier alpha value is -1.06. The van der Waals surface area contributed by atoms with Crippen LogP contribution in [0.5, 0.6) is 0 Å². The SMILES string of the molecule is CC(C)C1C(=O)N2CCCCC2C(=O)N1C1CC1. The molecule has 0 aromatic carbocycles. The summed E-state index contributed by atoms with van der Waals surface area (Å²) in [7, 11) is 0. The average Bonchev–Trinajstić information content (AvgIpc) is 3.17. The smallest absolute Gasteiger partial charge is 0.246 e. The lowest BCUT2D eigenvalue weighted by Crippen LogP contribution is -2.67. The van der Waals surface area contributed by atoms with E-state index in [4.69, 9.17) is 0 Å². The molecular formula is C14H22N2O2. The van der Waals surface area contributed by atoms with Crippen LogP contribution in [0.3, 0.4) is 0 Å². The zero-order valence-corrected chi connectivity index (χ0v) is 11.3. The summed E-state index contributed by atoms with van der Waals surface area (Å²) < 4.78 is 0. The number of carbonyl (C=O) groups is 2. The summed E-state index contributed by atoms with van der Waals surface area (Å²) >= 11 is 0. The lowest BCUT2D eigenvalue weighted by atomic mass is 9.90. The second-order valence-corrected chi connectivity index (χ2v) is 6.21. The van der Waals surface area contributed by atoms with Gasteiger partial charge in [-0.2, -0.15) is 0 Å². The van der Waals surface area contributed by atoms with Gasteiger partial charge in [-0.05, 0) is 38.0 Å². The lowest BCUT2D eigenvalue weighted by molar-refractivity contribution is -0.166. The third kappa shape index (κ3) is 1.73. The molecule has 2 saturated heterocycles. The number of piperidine rings is 1. The second kappa shape index (κ2) is 4.25. The van der Waals surface area contributed by atoms with Crippen LogP contribution in [-0.2, 0) is 9.59 Å². The molecule has 1 aliphatic carbocycles. The Labute approximate surface area is 108 Å². The quantitative estimate of drug-likeness (QED) is 0.743. The Morgan fingerprint density at radius 3 is 2.39 bits per heavy atom. The maximum atomic E-state index is 12.6. The molecule has 2 heterocycles.